The third-order valence-electron chi connectivity index (χ3n) is 10.7. The number of nitrogens with zero attached hydrogens (tertiary/aromatic N) is 1. The molecule has 0 saturated heterocycles. The zero-order valence-electron chi connectivity index (χ0n) is 39.1. The molecule has 59 heavy (non-hydrogen) atoms. The second-order valence-corrected chi connectivity index (χ2v) is 17.8. The highest BCUT2D eigenvalue weighted by Gasteiger charge is 2.21. The van der Waals surface area contributed by atoms with Crippen LogP contribution in [0, 0.1) is 0 Å². The molecule has 0 saturated carbocycles. The molecule has 0 aliphatic rings. The van der Waals surface area contributed by atoms with Crippen molar-refractivity contribution in [2.24, 2.45) is 0 Å². The van der Waals surface area contributed by atoms with Crippen molar-refractivity contribution in [2.75, 3.05) is 47.5 Å². The Bertz CT molecular complexity index is 1020. The summed E-state index contributed by atoms with van der Waals surface area (Å²) in [5, 5.41) is 11.7. The summed E-state index contributed by atoms with van der Waals surface area (Å²) < 4.78 is 22.6. The van der Waals surface area contributed by atoms with E-state index in [1.807, 2.05) is 21.1 Å². The number of carboxylic acids is 1. The molecular weight excluding hydrogens is 743 g/mol. The van der Waals surface area contributed by atoms with Gasteiger partial charge in [0.25, 0.3) is 0 Å². The summed E-state index contributed by atoms with van der Waals surface area (Å²) in [6, 6.07) is 0. The number of aliphatic carboxylic acids is 1. The maximum absolute atomic E-state index is 12.8. The van der Waals surface area contributed by atoms with Crippen LogP contribution in [0.3, 0.4) is 0 Å². The Morgan fingerprint density at radius 3 is 1.36 bits per heavy atom. The first-order chi connectivity index (χ1) is 28.6. The number of quaternary nitrogens is 1. The number of hydrogen-bond acceptors (Lipinski definition) is 8. The van der Waals surface area contributed by atoms with Gasteiger partial charge in [0.1, 0.15) is 13.2 Å². The van der Waals surface area contributed by atoms with Crippen LogP contribution >= 0.6 is 0 Å². The Kier molecular flexibility index (Phi) is 40.9. The molecule has 9 nitrogen and oxygen atoms in total. The number of carbonyl (C=O) groups excluding carboxylic acids is 3. The van der Waals surface area contributed by atoms with E-state index < -0.39 is 24.3 Å². The molecule has 2 unspecified atom stereocenters. The first kappa shape index (κ1) is 56.8. The minimum Gasteiger partial charge on any atom is -0.545 e. The van der Waals surface area contributed by atoms with Gasteiger partial charge in [-0.15, -0.1) is 0 Å². The molecule has 0 bridgehead atoms. The fraction of sp³-hybridized carbons (Fsp3) is 0.860. The number of hydrogen-bond donors (Lipinski definition) is 0. The highest BCUT2D eigenvalue weighted by molar-refractivity contribution is 5.70. The average molecular weight is 836 g/mol. The summed E-state index contributed by atoms with van der Waals surface area (Å²) in [5.74, 6) is -2.29. The number of carboxylic acid groups (broad SMARTS) is 1. The third-order valence-corrected chi connectivity index (χ3v) is 10.7. The van der Waals surface area contributed by atoms with E-state index in [1.54, 1.807) is 0 Å². The summed E-state index contributed by atoms with van der Waals surface area (Å²) in [6.45, 7) is 4.73. The minimum atomic E-state index is -1.62. The Morgan fingerprint density at radius 1 is 0.508 bits per heavy atom. The van der Waals surface area contributed by atoms with E-state index in [0.717, 1.165) is 57.8 Å². The quantitative estimate of drug-likeness (QED) is 0.0196. The average Bonchev–Trinajstić information content (AvgIpc) is 3.19. The van der Waals surface area contributed by atoms with Gasteiger partial charge in [-0.1, -0.05) is 186 Å². The van der Waals surface area contributed by atoms with Gasteiger partial charge in [0.15, 0.2) is 12.4 Å². The van der Waals surface area contributed by atoms with Crippen LogP contribution in [0.4, 0.5) is 0 Å². The van der Waals surface area contributed by atoms with E-state index >= 15 is 0 Å². The van der Waals surface area contributed by atoms with Crippen LogP contribution in [0.1, 0.15) is 219 Å². The first-order valence-corrected chi connectivity index (χ1v) is 24.5. The van der Waals surface area contributed by atoms with Gasteiger partial charge in [-0.2, -0.15) is 0 Å². The summed E-state index contributed by atoms with van der Waals surface area (Å²) in [7, 11) is 5.91. The van der Waals surface area contributed by atoms with Gasteiger partial charge in [-0.05, 0) is 44.9 Å². The standard InChI is InChI=1S/C50H93NO8/c1-6-8-10-12-14-16-18-20-22-24-25-27-28-30-32-34-36-38-40-47(52)57-44-46(45-58-50(49(54)55)56-43-42-51(3,4)5)59-48(53)41-39-37-35-33-31-29-26-23-21-19-17-15-13-11-9-7-2/h17,19,23,26,46,50H,6-16,18,20-22,24-25,27-45H2,1-5H3/b19-17-,26-23-. The van der Waals surface area contributed by atoms with Crippen LogP contribution in [-0.2, 0) is 33.3 Å². The van der Waals surface area contributed by atoms with Crippen LogP contribution in [0.5, 0.6) is 0 Å². The second kappa shape index (κ2) is 42.5. The topological polar surface area (TPSA) is 111 Å². The highest BCUT2D eigenvalue weighted by atomic mass is 16.7. The van der Waals surface area contributed by atoms with Gasteiger partial charge in [-0.3, -0.25) is 9.59 Å². The number of rotatable bonds is 45. The summed E-state index contributed by atoms with van der Waals surface area (Å²) in [4.78, 5) is 37.1. The van der Waals surface area contributed by atoms with Crippen molar-refractivity contribution in [2.45, 2.75) is 232 Å². The maximum Gasteiger partial charge on any atom is 0.306 e. The number of allylic oxidation sites excluding steroid dienone is 4. The molecule has 9 heteroatoms. The van der Waals surface area contributed by atoms with Crippen LogP contribution in [-0.4, -0.2) is 82.3 Å². The normalized spacial score (nSPS) is 13.0. The van der Waals surface area contributed by atoms with Crippen molar-refractivity contribution in [3.05, 3.63) is 24.3 Å². The number of carbonyl (C=O) groups is 3. The number of likely N-dealkylation sites (N-methyl/N-ethyl adjacent to an activating group) is 1. The van der Waals surface area contributed by atoms with Crippen molar-refractivity contribution >= 4 is 17.9 Å². The molecule has 0 radical (unpaired) electrons. The fourth-order valence-corrected chi connectivity index (χ4v) is 6.86. The van der Waals surface area contributed by atoms with Crippen molar-refractivity contribution in [1.29, 1.82) is 0 Å². The highest BCUT2D eigenvalue weighted by Crippen LogP contribution is 2.16. The lowest BCUT2D eigenvalue weighted by Crippen LogP contribution is -2.44. The molecule has 0 aliphatic carbocycles. The Balaban J connectivity index is 4.37. The molecule has 0 spiro atoms. The molecule has 346 valence electrons. The smallest absolute Gasteiger partial charge is 0.306 e. The van der Waals surface area contributed by atoms with Gasteiger partial charge in [0, 0.05) is 12.8 Å². The molecule has 0 heterocycles. The molecule has 0 aromatic heterocycles. The lowest BCUT2D eigenvalue weighted by Gasteiger charge is -2.26. The van der Waals surface area contributed by atoms with Gasteiger partial charge in [0.2, 0.25) is 0 Å². The number of esters is 2. The fourth-order valence-electron chi connectivity index (χ4n) is 6.86. The molecular formula is C50H93NO8. The lowest BCUT2D eigenvalue weighted by molar-refractivity contribution is -0.870. The monoisotopic (exact) mass is 836 g/mol. The zero-order chi connectivity index (χ0) is 43.5. The van der Waals surface area contributed by atoms with Crippen LogP contribution in [0.2, 0.25) is 0 Å². The molecule has 0 fully saturated rings. The van der Waals surface area contributed by atoms with E-state index in [9.17, 15) is 19.5 Å². The third kappa shape index (κ3) is 43.7. The van der Waals surface area contributed by atoms with E-state index in [4.69, 9.17) is 18.9 Å². The SMILES string of the molecule is CCCCCC/C=C\C/C=C\CCCCCCCC(=O)OC(COC(=O)CCCCCCCCCCCCCCCCCCCC)COC(OCC[N+](C)(C)C)C(=O)[O-]. The summed E-state index contributed by atoms with van der Waals surface area (Å²) in [6.07, 6.45) is 43.5. The summed E-state index contributed by atoms with van der Waals surface area (Å²) >= 11 is 0. The Hall–Kier alpha value is -2.23. The van der Waals surface area contributed by atoms with Gasteiger partial charge < -0.3 is 33.3 Å². The van der Waals surface area contributed by atoms with Crippen LogP contribution in [0.15, 0.2) is 24.3 Å². The molecule has 0 amide bonds. The van der Waals surface area contributed by atoms with E-state index in [-0.39, 0.29) is 32.2 Å². The summed E-state index contributed by atoms with van der Waals surface area (Å²) in [5.41, 5.74) is 0. The predicted molar refractivity (Wildman–Crippen MR) is 242 cm³/mol. The molecule has 0 rings (SSSR count). The number of ether oxygens (including phenoxy) is 4. The van der Waals surface area contributed by atoms with Crippen molar-refractivity contribution < 1.29 is 42.9 Å². The lowest BCUT2D eigenvalue weighted by atomic mass is 10.0. The van der Waals surface area contributed by atoms with E-state index in [2.05, 4.69) is 38.2 Å². The molecule has 0 N–H and O–H groups in total. The molecule has 0 aromatic rings. The van der Waals surface area contributed by atoms with Crippen molar-refractivity contribution in [1.82, 2.24) is 0 Å². The molecule has 0 aliphatic heterocycles. The first-order valence-electron chi connectivity index (χ1n) is 24.5. The minimum absolute atomic E-state index is 0.147. The molecule has 0 aromatic carbocycles. The Labute approximate surface area is 363 Å². The maximum atomic E-state index is 12.8. The Morgan fingerprint density at radius 2 is 0.915 bits per heavy atom. The van der Waals surface area contributed by atoms with Crippen LogP contribution in [0.25, 0.3) is 0 Å². The zero-order valence-corrected chi connectivity index (χ0v) is 39.1. The second-order valence-electron chi connectivity index (χ2n) is 17.8. The molecule has 2 atom stereocenters. The largest absolute Gasteiger partial charge is 0.545 e. The van der Waals surface area contributed by atoms with Gasteiger partial charge in [0.05, 0.1) is 40.3 Å². The van der Waals surface area contributed by atoms with E-state index in [1.165, 1.54) is 128 Å². The predicted octanol–water partition coefficient (Wildman–Crippen LogP) is 11.9. The van der Waals surface area contributed by atoms with Crippen LogP contribution < -0.4 is 5.11 Å². The number of unbranched alkanes of at least 4 members (excludes halogenated alkanes) is 26. The van der Waals surface area contributed by atoms with Crippen molar-refractivity contribution in [3.8, 4) is 0 Å². The van der Waals surface area contributed by atoms with E-state index in [0.29, 0.717) is 23.9 Å². The van der Waals surface area contributed by atoms with Crippen molar-refractivity contribution in [3.63, 3.8) is 0 Å². The van der Waals surface area contributed by atoms with Gasteiger partial charge in [-0.25, -0.2) is 0 Å². The van der Waals surface area contributed by atoms with Gasteiger partial charge >= 0.3 is 11.9 Å².